The SMILES string of the molecule is C[C@@H]1C(OCCC(=O)CCCC(=O)CCO[C@H]2C(OCCC(=O)NCCC(=O)NCOC3OC(O)C(O)[C@H](O)[C@@H]3C)C(OCCC(=O)NCCC(=O)CCOC3OC(O)C(O)[C@H](O)[C@@H]3C)OC(OCCNC(=O)CC(=O)NCCOP(C)(=O)O)[C@H]2C)OC(O)C(O)[C@@H]1O. The highest BCUT2D eigenvalue weighted by molar-refractivity contribution is 7.51. The van der Waals surface area contributed by atoms with Crippen molar-refractivity contribution in [1.29, 1.82) is 0 Å². The topological polar surface area (TPSA) is 527 Å². The number of nitrogens with one attached hydrogen (secondary N) is 5. The minimum absolute atomic E-state index is 0.0108. The van der Waals surface area contributed by atoms with E-state index in [1.54, 1.807) is 13.8 Å². The normalized spacial score (nSPS) is 31.9. The summed E-state index contributed by atoms with van der Waals surface area (Å²) >= 11 is 0. The predicted molar refractivity (Wildman–Crippen MR) is 311 cm³/mol. The number of aliphatic hydroxyl groups excluding tert-OH is 9. The van der Waals surface area contributed by atoms with Gasteiger partial charge in [0, 0.05) is 108 Å². The zero-order valence-corrected chi connectivity index (χ0v) is 53.7. The first-order chi connectivity index (χ1) is 44.0. The van der Waals surface area contributed by atoms with E-state index in [1.165, 1.54) is 13.8 Å². The maximum atomic E-state index is 13.2. The van der Waals surface area contributed by atoms with Crippen LogP contribution in [0.1, 0.15) is 98.3 Å². The lowest BCUT2D eigenvalue weighted by Gasteiger charge is -2.44. The Labute approximate surface area is 537 Å². The number of Topliss-reactive ketones (excluding diaryl/α,β-unsaturated/α-hetero) is 3. The van der Waals surface area contributed by atoms with Crippen LogP contribution in [0.2, 0.25) is 0 Å². The first kappa shape index (κ1) is 81.1. The molecule has 4 aliphatic rings. The lowest BCUT2D eigenvalue weighted by molar-refractivity contribution is -0.347. The number of aliphatic hydroxyl groups is 9. The van der Waals surface area contributed by atoms with Crippen LogP contribution < -0.4 is 26.6 Å². The van der Waals surface area contributed by atoms with Crippen LogP contribution in [-0.4, -0.2) is 283 Å². The van der Waals surface area contributed by atoms with Crippen LogP contribution in [0.4, 0.5) is 0 Å². The van der Waals surface area contributed by atoms with Crippen molar-refractivity contribution in [1.82, 2.24) is 26.6 Å². The summed E-state index contributed by atoms with van der Waals surface area (Å²) in [5.41, 5.74) is 0. The van der Waals surface area contributed by atoms with Crippen LogP contribution in [0.3, 0.4) is 0 Å². The first-order valence-corrected chi connectivity index (χ1v) is 32.9. The van der Waals surface area contributed by atoms with Gasteiger partial charge < -0.3 is 134 Å². The Bertz CT molecular complexity index is 2380. The lowest BCUT2D eigenvalue weighted by Crippen LogP contribution is -2.57. The fourth-order valence-electron chi connectivity index (χ4n) is 9.68. The predicted octanol–water partition coefficient (Wildman–Crippen LogP) is -5.38. The molecule has 15 N–H and O–H groups in total. The van der Waals surface area contributed by atoms with Crippen LogP contribution in [-0.2, 0) is 99.6 Å². The summed E-state index contributed by atoms with van der Waals surface area (Å²) in [6.45, 7) is 4.68. The zero-order valence-electron chi connectivity index (χ0n) is 52.8. The van der Waals surface area contributed by atoms with Crippen molar-refractivity contribution >= 4 is 54.5 Å². The Morgan fingerprint density at radius 3 is 1.23 bits per heavy atom. The third kappa shape index (κ3) is 29.1. The van der Waals surface area contributed by atoms with E-state index < -0.39 is 173 Å². The second-order valence-corrected chi connectivity index (χ2v) is 24.8. The van der Waals surface area contributed by atoms with Gasteiger partial charge in [-0.2, -0.15) is 0 Å². The molecule has 4 aliphatic heterocycles. The molecule has 0 saturated carbocycles. The van der Waals surface area contributed by atoms with Crippen molar-refractivity contribution in [2.24, 2.45) is 23.7 Å². The third-order valence-electron chi connectivity index (χ3n) is 15.3. The van der Waals surface area contributed by atoms with Gasteiger partial charge in [0.05, 0.1) is 77.1 Å². The van der Waals surface area contributed by atoms with Gasteiger partial charge in [-0.25, -0.2) is 0 Å². The fraction of sp³-hybridized carbons (Fsp3) is 0.857. The lowest BCUT2D eigenvalue weighted by atomic mass is 9.95. The molecule has 5 amide bonds. The number of ketones is 3. The van der Waals surface area contributed by atoms with Gasteiger partial charge in [0.15, 0.2) is 50.3 Å². The summed E-state index contributed by atoms with van der Waals surface area (Å²) in [7, 11) is -3.78. The highest BCUT2D eigenvalue weighted by Crippen LogP contribution is 2.36. The van der Waals surface area contributed by atoms with E-state index in [-0.39, 0.29) is 154 Å². The van der Waals surface area contributed by atoms with Crippen molar-refractivity contribution < 1.29 is 150 Å². The molecule has 13 unspecified atom stereocenters. The Morgan fingerprint density at radius 1 is 0.366 bits per heavy atom. The van der Waals surface area contributed by atoms with Crippen LogP contribution in [0, 0.1) is 23.7 Å². The Hall–Kier alpha value is -4.29. The number of ether oxygens (including phenoxy) is 11. The van der Waals surface area contributed by atoms with Crippen molar-refractivity contribution in [3.8, 4) is 0 Å². The molecule has 4 rings (SSSR count). The van der Waals surface area contributed by atoms with Crippen molar-refractivity contribution in [3.05, 3.63) is 0 Å². The second-order valence-electron chi connectivity index (χ2n) is 22.9. The van der Waals surface area contributed by atoms with E-state index in [2.05, 4.69) is 26.6 Å². The molecule has 93 heavy (non-hydrogen) atoms. The van der Waals surface area contributed by atoms with Crippen molar-refractivity contribution in [3.63, 3.8) is 0 Å². The standard InChI is InChI=1S/C56H96N5O31P/c1-29-41(70)44(73)49(76)89-52(29)83-21-12-34(63)8-6-7-33(62)11-20-81-47-32(4)55(86-25-18-59-39(68)27-40(69)60-19-26-88-93(5,79)80)92-56(85-24-15-38(67)57-16-9-35(64)13-22-84-53-30(2)42(71)45(74)50(77)90-53)48(47)82-23-14-37(66)58-17-10-36(65)61-28-87-54-31(3)43(72)46(75)51(78)91-54/h29-32,41-56,70-78H,6-28H2,1-5H3,(H,57,67)(H,58,66)(H,59,68)(H,60,69)(H,61,65)(H,79,80)/t29-,30-,31-,32-,41+,42+,43+,44?,45?,46?,47+,48?,49?,50?,51?,52?,53?,54?,55?,56?/m0/s1. The Morgan fingerprint density at radius 2 is 0.731 bits per heavy atom. The Balaban J connectivity index is 1.37. The molecule has 0 bridgehead atoms. The number of carbonyl (C=O) groups excluding carboxylic acids is 8. The summed E-state index contributed by atoms with van der Waals surface area (Å²) in [4.78, 5) is 111. The van der Waals surface area contributed by atoms with Gasteiger partial charge in [-0.05, 0) is 6.42 Å². The molecule has 0 radical (unpaired) electrons. The molecule has 0 aliphatic carbocycles. The molecule has 37 heteroatoms. The molecule has 21 atom stereocenters. The molecule has 0 aromatic carbocycles. The number of amides is 5. The van der Waals surface area contributed by atoms with Crippen LogP contribution in [0.25, 0.3) is 0 Å². The molecule has 4 heterocycles. The molecule has 4 saturated heterocycles. The van der Waals surface area contributed by atoms with Gasteiger partial charge >= 0.3 is 7.60 Å². The first-order valence-electron chi connectivity index (χ1n) is 30.9. The largest absolute Gasteiger partial charge is 0.390 e. The molecular weight excluding hydrogens is 1270 g/mol. The van der Waals surface area contributed by atoms with Gasteiger partial charge in [0.1, 0.15) is 54.9 Å². The molecule has 4 fully saturated rings. The van der Waals surface area contributed by atoms with Crippen molar-refractivity contribution in [2.45, 2.75) is 197 Å². The minimum Gasteiger partial charge on any atom is -0.390 e. The zero-order chi connectivity index (χ0) is 69.0. The second kappa shape index (κ2) is 41.7. The van der Waals surface area contributed by atoms with E-state index in [4.69, 9.17) is 56.6 Å². The highest BCUT2D eigenvalue weighted by atomic mass is 31.2. The van der Waals surface area contributed by atoms with Crippen LogP contribution in [0.5, 0.6) is 0 Å². The monoisotopic (exact) mass is 1370 g/mol. The summed E-state index contributed by atoms with van der Waals surface area (Å²) < 4.78 is 79.0. The highest BCUT2D eigenvalue weighted by Gasteiger charge is 2.48. The maximum Gasteiger partial charge on any atom is 0.325 e. The summed E-state index contributed by atoms with van der Waals surface area (Å²) in [5.74, 6) is -6.86. The maximum absolute atomic E-state index is 13.2. The average molecular weight is 1370 g/mol. The van der Waals surface area contributed by atoms with E-state index in [9.17, 15) is 93.8 Å². The number of hydrogen-bond acceptors (Lipinski definition) is 30. The third-order valence-corrected chi connectivity index (χ3v) is 16.0. The quantitative estimate of drug-likeness (QED) is 0.0117. The molecule has 0 spiro atoms. The van der Waals surface area contributed by atoms with Gasteiger partial charge in [0.2, 0.25) is 29.5 Å². The minimum atomic E-state index is -3.78. The Kier molecular flexibility index (Phi) is 36.4. The molecule has 536 valence electrons. The number of hydrogen-bond donors (Lipinski definition) is 15. The van der Waals surface area contributed by atoms with Gasteiger partial charge in [0.25, 0.3) is 0 Å². The smallest absolute Gasteiger partial charge is 0.325 e. The summed E-state index contributed by atoms with van der Waals surface area (Å²) in [5, 5.41) is 102. The molecular formula is C56H96N5O31P. The van der Waals surface area contributed by atoms with Gasteiger partial charge in [-0.1, -0.05) is 27.7 Å². The van der Waals surface area contributed by atoms with E-state index in [0.717, 1.165) is 6.66 Å². The summed E-state index contributed by atoms with van der Waals surface area (Å²) in [6, 6.07) is 0. The van der Waals surface area contributed by atoms with E-state index >= 15 is 0 Å². The van der Waals surface area contributed by atoms with Gasteiger partial charge in [-0.3, -0.25) is 42.9 Å². The molecule has 0 aromatic rings. The van der Waals surface area contributed by atoms with Crippen molar-refractivity contribution in [2.75, 3.05) is 85.8 Å². The number of rotatable bonds is 43. The number of carbonyl (C=O) groups is 8. The molecule has 36 nitrogen and oxygen atoms in total. The van der Waals surface area contributed by atoms with Crippen LogP contribution in [0.15, 0.2) is 0 Å². The average Bonchev–Trinajstić information content (AvgIpc) is 0.853. The molecule has 0 aromatic heterocycles. The fourth-order valence-corrected chi connectivity index (χ4v) is 10.1. The van der Waals surface area contributed by atoms with E-state index in [0.29, 0.717) is 0 Å². The van der Waals surface area contributed by atoms with Crippen LogP contribution >= 0.6 is 7.60 Å². The van der Waals surface area contributed by atoms with E-state index in [1.807, 2.05) is 0 Å². The van der Waals surface area contributed by atoms with Gasteiger partial charge in [-0.15, -0.1) is 0 Å². The summed E-state index contributed by atoms with van der Waals surface area (Å²) in [6.07, 6.45) is -23.6.